The first-order valence-corrected chi connectivity index (χ1v) is 10.3. The highest BCUT2D eigenvalue weighted by Gasteiger charge is 2.32. The molecular formula is C19H16F3N3O5S. The molecule has 0 spiro atoms. The van der Waals surface area contributed by atoms with E-state index in [-0.39, 0.29) is 16.4 Å². The molecule has 0 saturated carbocycles. The predicted octanol–water partition coefficient (Wildman–Crippen LogP) is 2.31. The number of amidine groups is 1. The third-order valence-electron chi connectivity index (χ3n) is 4.15. The highest BCUT2D eigenvalue weighted by molar-refractivity contribution is 7.90. The summed E-state index contributed by atoms with van der Waals surface area (Å²) in [6.07, 6.45) is -4.57. The van der Waals surface area contributed by atoms with Gasteiger partial charge in [0.25, 0.3) is 15.9 Å². The summed E-state index contributed by atoms with van der Waals surface area (Å²) in [6, 6.07) is 8.90. The maximum Gasteiger partial charge on any atom is 0.416 e. The van der Waals surface area contributed by atoms with Crippen molar-refractivity contribution in [3.05, 3.63) is 59.7 Å². The average molecular weight is 455 g/mol. The Labute approximate surface area is 175 Å². The van der Waals surface area contributed by atoms with Gasteiger partial charge >= 0.3 is 12.1 Å². The van der Waals surface area contributed by atoms with Crippen LogP contribution in [0.1, 0.15) is 18.1 Å². The summed E-state index contributed by atoms with van der Waals surface area (Å²) in [5.41, 5.74) is -0.753. The second-order valence-corrected chi connectivity index (χ2v) is 8.14. The van der Waals surface area contributed by atoms with E-state index in [4.69, 9.17) is 4.74 Å². The zero-order chi connectivity index (χ0) is 22.8. The van der Waals surface area contributed by atoms with Gasteiger partial charge in [-0.05, 0) is 37.3 Å². The van der Waals surface area contributed by atoms with Crippen LogP contribution in [-0.4, -0.2) is 38.8 Å². The number of aliphatic imine (C=N–C) groups is 1. The number of esters is 1. The number of nitrogens with one attached hydrogen (secondary N) is 2. The first-order chi connectivity index (χ1) is 14.5. The van der Waals surface area contributed by atoms with Crippen LogP contribution in [0.2, 0.25) is 0 Å². The van der Waals surface area contributed by atoms with E-state index in [1.807, 2.05) is 0 Å². The summed E-state index contributed by atoms with van der Waals surface area (Å²) in [4.78, 5) is 28.0. The van der Waals surface area contributed by atoms with Gasteiger partial charge in [-0.25, -0.2) is 13.2 Å². The maximum absolute atomic E-state index is 12.7. The number of rotatable bonds is 5. The summed E-state index contributed by atoms with van der Waals surface area (Å²) >= 11 is 0. The molecule has 1 amide bonds. The minimum atomic E-state index is -4.57. The molecule has 3 rings (SSSR count). The number of carbonyl (C=O) groups excluding carboxylic acids is 2. The Kier molecular flexibility index (Phi) is 6.02. The molecule has 0 saturated heterocycles. The van der Waals surface area contributed by atoms with Crippen molar-refractivity contribution >= 4 is 33.4 Å². The fourth-order valence-corrected chi connectivity index (χ4v) is 3.94. The second kappa shape index (κ2) is 8.38. The molecule has 12 heteroatoms. The van der Waals surface area contributed by atoms with Gasteiger partial charge in [-0.1, -0.05) is 18.2 Å². The molecule has 1 atom stereocenters. The van der Waals surface area contributed by atoms with Crippen molar-refractivity contribution in [2.45, 2.75) is 24.0 Å². The molecule has 1 aliphatic heterocycles. The largest absolute Gasteiger partial charge is 0.454 e. The normalized spacial score (nSPS) is 16.8. The fraction of sp³-hybridized carbons (Fsp3) is 0.211. The Hall–Kier alpha value is -3.41. The highest BCUT2D eigenvalue weighted by atomic mass is 32.2. The molecule has 0 aliphatic carbocycles. The number of anilines is 1. The SMILES string of the molecule is C[C@H](N=C1NS(=O)(=O)c2ccccc21)C(=O)OCC(=O)Nc1cccc(C(F)(F)F)c1. The zero-order valence-electron chi connectivity index (χ0n) is 15.9. The van der Waals surface area contributed by atoms with Crippen LogP contribution in [-0.2, 0) is 30.5 Å². The van der Waals surface area contributed by atoms with Gasteiger partial charge in [-0.3, -0.25) is 14.5 Å². The lowest BCUT2D eigenvalue weighted by Gasteiger charge is -2.11. The van der Waals surface area contributed by atoms with Crippen LogP contribution in [0.15, 0.2) is 58.4 Å². The van der Waals surface area contributed by atoms with E-state index in [0.29, 0.717) is 5.56 Å². The molecule has 2 N–H and O–H groups in total. The molecule has 31 heavy (non-hydrogen) atoms. The zero-order valence-corrected chi connectivity index (χ0v) is 16.8. The highest BCUT2D eigenvalue weighted by Crippen LogP contribution is 2.30. The average Bonchev–Trinajstić information content (AvgIpc) is 2.96. The number of nitrogens with zero attached hydrogens (tertiary/aromatic N) is 1. The summed E-state index contributed by atoms with van der Waals surface area (Å²) in [6.45, 7) is 0.585. The van der Waals surface area contributed by atoms with Crippen molar-refractivity contribution in [3.63, 3.8) is 0 Å². The van der Waals surface area contributed by atoms with Gasteiger partial charge in [-0.15, -0.1) is 0 Å². The van der Waals surface area contributed by atoms with Crippen LogP contribution < -0.4 is 10.0 Å². The smallest absolute Gasteiger partial charge is 0.416 e. The van der Waals surface area contributed by atoms with E-state index in [9.17, 15) is 31.2 Å². The van der Waals surface area contributed by atoms with E-state index < -0.39 is 46.3 Å². The molecular weight excluding hydrogens is 439 g/mol. The van der Waals surface area contributed by atoms with Gasteiger partial charge < -0.3 is 10.1 Å². The summed E-state index contributed by atoms with van der Waals surface area (Å²) < 4.78 is 69.3. The number of amides is 1. The Morgan fingerprint density at radius 2 is 1.87 bits per heavy atom. The van der Waals surface area contributed by atoms with Gasteiger partial charge in [0.2, 0.25) is 0 Å². The van der Waals surface area contributed by atoms with E-state index in [2.05, 4.69) is 15.0 Å². The van der Waals surface area contributed by atoms with Crippen molar-refractivity contribution < 1.29 is 35.9 Å². The number of fused-ring (bicyclic) bond motifs is 1. The van der Waals surface area contributed by atoms with Gasteiger partial charge in [0.05, 0.1) is 10.5 Å². The van der Waals surface area contributed by atoms with Crippen LogP contribution >= 0.6 is 0 Å². The fourth-order valence-electron chi connectivity index (χ4n) is 2.70. The topological polar surface area (TPSA) is 114 Å². The van der Waals surface area contributed by atoms with Gasteiger partial charge in [0, 0.05) is 11.3 Å². The summed E-state index contributed by atoms with van der Waals surface area (Å²) in [7, 11) is -3.78. The van der Waals surface area contributed by atoms with Gasteiger partial charge in [0.15, 0.2) is 6.61 Å². The number of ether oxygens (including phenoxy) is 1. The van der Waals surface area contributed by atoms with Crippen LogP contribution in [0.5, 0.6) is 0 Å². The molecule has 0 aromatic heterocycles. The Bertz CT molecular complexity index is 1160. The Morgan fingerprint density at radius 3 is 2.58 bits per heavy atom. The lowest BCUT2D eigenvalue weighted by atomic mass is 10.2. The number of carbonyl (C=O) groups is 2. The number of sulfonamides is 1. The van der Waals surface area contributed by atoms with E-state index in [1.165, 1.54) is 25.1 Å². The minimum Gasteiger partial charge on any atom is -0.454 e. The van der Waals surface area contributed by atoms with Crippen molar-refractivity contribution in [1.29, 1.82) is 0 Å². The lowest BCUT2D eigenvalue weighted by molar-refractivity contribution is -0.148. The number of hydrogen-bond donors (Lipinski definition) is 2. The molecule has 0 bridgehead atoms. The third-order valence-corrected chi connectivity index (χ3v) is 5.54. The minimum absolute atomic E-state index is 0.0229. The van der Waals surface area contributed by atoms with Gasteiger partial charge in [-0.2, -0.15) is 13.2 Å². The van der Waals surface area contributed by atoms with E-state index >= 15 is 0 Å². The first kappa shape index (κ1) is 22.3. The molecule has 2 aromatic rings. The quantitative estimate of drug-likeness (QED) is 0.672. The van der Waals surface area contributed by atoms with Crippen molar-refractivity contribution in [3.8, 4) is 0 Å². The van der Waals surface area contributed by atoms with Crippen LogP contribution in [0.4, 0.5) is 18.9 Å². The molecule has 2 aromatic carbocycles. The van der Waals surface area contributed by atoms with Crippen LogP contribution in [0.3, 0.4) is 0 Å². The second-order valence-electron chi connectivity index (χ2n) is 6.49. The number of halogens is 3. The predicted molar refractivity (Wildman–Crippen MR) is 104 cm³/mol. The van der Waals surface area contributed by atoms with Gasteiger partial charge in [0.1, 0.15) is 11.9 Å². The molecule has 0 radical (unpaired) electrons. The van der Waals surface area contributed by atoms with Crippen LogP contribution in [0.25, 0.3) is 0 Å². The molecule has 0 unspecified atom stereocenters. The van der Waals surface area contributed by atoms with Crippen molar-refractivity contribution in [1.82, 2.24) is 4.72 Å². The summed E-state index contributed by atoms with van der Waals surface area (Å²) in [5.74, 6) is -1.80. The first-order valence-electron chi connectivity index (χ1n) is 8.81. The molecule has 8 nitrogen and oxygen atoms in total. The third kappa shape index (κ3) is 5.20. The number of hydrogen-bond acceptors (Lipinski definition) is 6. The lowest BCUT2D eigenvalue weighted by Crippen LogP contribution is -2.28. The Balaban J connectivity index is 1.60. The standard InChI is InChI=1S/C19H16F3N3O5S/c1-11(23-17-14-7-2-3-8-15(14)31(28,29)25-17)18(27)30-10-16(26)24-13-6-4-5-12(9-13)19(20,21)22/h2-9,11H,10H2,1H3,(H,23,25)(H,24,26)/t11-/m0/s1. The maximum atomic E-state index is 12.7. The van der Waals surface area contributed by atoms with Crippen LogP contribution in [0, 0.1) is 0 Å². The summed E-state index contributed by atoms with van der Waals surface area (Å²) in [5, 5.41) is 2.20. The monoisotopic (exact) mass is 455 g/mol. The van der Waals surface area contributed by atoms with E-state index in [0.717, 1.165) is 18.2 Å². The molecule has 1 heterocycles. The number of alkyl halides is 3. The molecule has 1 aliphatic rings. The van der Waals surface area contributed by atoms with E-state index in [1.54, 1.807) is 12.1 Å². The molecule has 0 fully saturated rings. The Morgan fingerprint density at radius 1 is 1.16 bits per heavy atom. The van der Waals surface area contributed by atoms with Crippen molar-refractivity contribution in [2.24, 2.45) is 4.99 Å². The van der Waals surface area contributed by atoms with Crippen molar-refractivity contribution in [2.75, 3.05) is 11.9 Å². The molecule has 164 valence electrons. The number of benzene rings is 2.